The van der Waals surface area contributed by atoms with Gasteiger partial charge in [0, 0.05) is 6.42 Å². The van der Waals surface area contributed by atoms with Crippen LogP contribution in [-0.2, 0) is 22.6 Å². The molecule has 20 heavy (non-hydrogen) atoms. The van der Waals surface area contributed by atoms with Crippen molar-refractivity contribution in [2.24, 2.45) is 0 Å². The number of rotatable bonds is 5. The molecule has 0 saturated heterocycles. The minimum Gasteiger partial charge on any atom is -0.459 e. The van der Waals surface area contributed by atoms with Crippen molar-refractivity contribution in [2.75, 3.05) is 0 Å². The number of hydrogen-bond donors (Lipinski definition) is 1. The van der Waals surface area contributed by atoms with Crippen molar-refractivity contribution >= 4 is 5.97 Å². The average Bonchev–Trinajstić information content (AvgIpc) is 2.48. The lowest BCUT2D eigenvalue weighted by Gasteiger charge is -2.11. The van der Waals surface area contributed by atoms with Crippen LogP contribution < -0.4 is 0 Å². The molecule has 0 aliphatic heterocycles. The zero-order chi connectivity index (χ0) is 14.4. The number of carbonyl (C=O) groups excluding carboxylic acids is 1. The average molecular weight is 274 g/mol. The van der Waals surface area contributed by atoms with Crippen LogP contribution in [0.25, 0.3) is 0 Å². The van der Waals surface area contributed by atoms with Gasteiger partial charge in [0.1, 0.15) is 12.4 Å². The highest BCUT2D eigenvalue weighted by Crippen LogP contribution is 2.10. The summed E-state index contributed by atoms with van der Waals surface area (Å²) in [6.45, 7) is 0.0913. The highest BCUT2D eigenvalue weighted by atomic mass is 19.1. The van der Waals surface area contributed by atoms with E-state index in [2.05, 4.69) is 0 Å². The van der Waals surface area contributed by atoms with E-state index in [9.17, 15) is 14.3 Å². The van der Waals surface area contributed by atoms with Crippen molar-refractivity contribution in [1.82, 2.24) is 0 Å². The van der Waals surface area contributed by atoms with Gasteiger partial charge < -0.3 is 9.84 Å². The van der Waals surface area contributed by atoms with E-state index in [1.807, 2.05) is 30.3 Å². The van der Waals surface area contributed by atoms with Crippen LogP contribution in [0.2, 0.25) is 0 Å². The maximum Gasteiger partial charge on any atom is 0.335 e. The largest absolute Gasteiger partial charge is 0.459 e. The van der Waals surface area contributed by atoms with Crippen LogP contribution in [0.4, 0.5) is 4.39 Å². The lowest BCUT2D eigenvalue weighted by Crippen LogP contribution is -2.25. The van der Waals surface area contributed by atoms with Crippen molar-refractivity contribution in [3.8, 4) is 0 Å². The van der Waals surface area contributed by atoms with Gasteiger partial charge in [-0.15, -0.1) is 0 Å². The van der Waals surface area contributed by atoms with Crippen LogP contribution in [0, 0.1) is 5.82 Å². The van der Waals surface area contributed by atoms with Gasteiger partial charge in [-0.05, 0) is 17.2 Å². The fraction of sp³-hybridized carbons (Fsp3) is 0.188. The maximum atomic E-state index is 13.4. The molecule has 4 heteroatoms. The molecular formula is C16H15FO3. The topological polar surface area (TPSA) is 46.5 Å². The van der Waals surface area contributed by atoms with E-state index >= 15 is 0 Å². The molecule has 0 unspecified atom stereocenters. The number of hydrogen-bond acceptors (Lipinski definition) is 3. The summed E-state index contributed by atoms with van der Waals surface area (Å²) in [4.78, 5) is 11.6. The van der Waals surface area contributed by atoms with E-state index in [4.69, 9.17) is 4.74 Å². The second-order valence-electron chi connectivity index (χ2n) is 4.40. The maximum absolute atomic E-state index is 13.4. The summed E-state index contributed by atoms with van der Waals surface area (Å²) < 4.78 is 18.4. The highest BCUT2D eigenvalue weighted by Gasteiger charge is 2.18. The third-order valence-electron chi connectivity index (χ3n) is 2.87. The van der Waals surface area contributed by atoms with Crippen LogP contribution in [0.15, 0.2) is 54.6 Å². The fourth-order valence-corrected chi connectivity index (χ4v) is 1.78. The van der Waals surface area contributed by atoms with E-state index in [1.165, 1.54) is 12.1 Å². The van der Waals surface area contributed by atoms with E-state index in [0.717, 1.165) is 5.56 Å². The molecule has 0 saturated carbocycles. The molecule has 2 aromatic rings. The van der Waals surface area contributed by atoms with Crippen molar-refractivity contribution < 1.29 is 19.0 Å². The smallest absolute Gasteiger partial charge is 0.335 e. The molecule has 0 fully saturated rings. The quantitative estimate of drug-likeness (QED) is 0.852. The van der Waals surface area contributed by atoms with Gasteiger partial charge in [-0.2, -0.15) is 0 Å². The van der Waals surface area contributed by atoms with Gasteiger partial charge in [-0.3, -0.25) is 0 Å². The number of esters is 1. The highest BCUT2D eigenvalue weighted by molar-refractivity contribution is 5.74. The molecule has 0 aromatic heterocycles. The molecule has 0 radical (unpaired) electrons. The minimum absolute atomic E-state index is 0.0913. The number of aliphatic hydroxyl groups is 1. The lowest BCUT2D eigenvalue weighted by molar-refractivity contribution is -0.154. The van der Waals surface area contributed by atoms with Gasteiger partial charge >= 0.3 is 5.97 Å². The Labute approximate surface area is 116 Å². The third kappa shape index (κ3) is 3.90. The van der Waals surface area contributed by atoms with Crippen LogP contribution >= 0.6 is 0 Å². The molecule has 1 N–H and O–H groups in total. The zero-order valence-corrected chi connectivity index (χ0v) is 10.8. The molecule has 2 aromatic carbocycles. The number of carbonyl (C=O) groups is 1. The van der Waals surface area contributed by atoms with E-state index in [1.54, 1.807) is 12.1 Å². The number of benzene rings is 2. The standard InChI is InChI=1S/C16H15FO3/c17-14-9-5-4-8-13(14)10-15(18)16(19)20-11-12-6-2-1-3-7-12/h1-9,15,18H,10-11H2/t15-/m0/s1. The Morgan fingerprint density at radius 2 is 1.75 bits per heavy atom. The minimum atomic E-state index is -1.37. The predicted molar refractivity (Wildman–Crippen MR) is 72.3 cm³/mol. The van der Waals surface area contributed by atoms with Crippen molar-refractivity contribution in [3.05, 3.63) is 71.5 Å². The molecular weight excluding hydrogens is 259 g/mol. The van der Waals surface area contributed by atoms with Gasteiger partial charge in [-0.1, -0.05) is 48.5 Å². The summed E-state index contributed by atoms with van der Waals surface area (Å²) in [5.41, 5.74) is 1.12. The first kappa shape index (κ1) is 14.2. The summed E-state index contributed by atoms with van der Waals surface area (Å²) in [6, 6.07) is 15.2. The fourth-order valence-electron chi connectivity index (χ4n) is 1.78. The third-order valence-corrected chi connectivity index (χ3v) is 2.87. The van der Waals surface area contributed by atoms with Crippen LogP contribution in [0.3, 0.4) is 0 Å². The molecule has 0 amide bonds. The Hall–Kier alpha value is -2.20. The molecule has 0 heterocycles. The Morgan fingerprint density at radius 3 is 2.45 bits per heavy atom. The van der Waals surface area contributed by atoms with Crippen LogP contribution in [0.1, 0.15) is 11.1 Å². The van der Waals surface area contributed by atoms with Gasteiger partial charge in [0.15, 0.2) is 6.10 Å². The molecule has 2 rings (SSSR count). The van der Waals surface area contributed by atoms with Gasteiger partial charge in [0.05, 0.1) is 0 Å². The SMILES string of the molecule is O=C(OCc1ccccc1)[C@@H](O)Cc1ccccc1F. The Kier molecular flexibility index (Phi) is 4.85. The first-order chi connectivity index (χ1) is 9.66. The molecule has 104 valence electrons. The molecule has 0 aliphatic carbocycles. The number of halogens is 1. The first-order valence-electron chi connectivity index (χ1n) is 6.29. The molecule has 0 bridgehead atoms. The van der Waals surface area contributed by atoms with Gasteiger partial charge in [-0.25, -0.2) is 9.18 Å². The second-order valence-corrected chi connectivity index (χ2v) is 4.40. The van der Waals surface area contributed by atoms with Crippen molar-refractivity contribution in [2.45, 2.75) is 19.1 Å². The predicted octanol–water partition coefficient (Wildman–Crippen LogP) is 2.47. The van der Waals surface area contributed by atoms with Crippen LogP contribution in [0.5, 0.6) is 0 Å². The Morgan fingerprint density at radius 1 is 1.10 bits per heavy atom. The number of aliphatic hydroxyl groups excluding tert-OH is 1. The lowest BCUT2D eigenvalue weighted by atomic mass is 10.1. The molecule has 0 aliphatic rings. The molecule has 1 atom stereocenters. The summed E-state index contributed by atoms with van der Waals surface area (Å²) in [5.74, 6) is -1.19. The summed E-state index contributed by atoms with van der Waals surface area (Å²) in [6.07, 6.45) is -1.46. The summed E-state index contributed by atoms with van der Waals surface area (Å²) in [5, 5.41) is 9.73. The zero-order valence-electron chi connectivity index (χ0n) is 10.8. The van der Waals surface area contributed by atoms with Gasteiger partial charge in [0.2, 0.25) is 0 Å². The normalized spacial score (nSPS) is 11.9. The van der Waals surface area contributed by atoms with E-state index in [0.29, 0.717) is 0 Å². The summed E-state index contributed by atoms with van der Waals surface area (Å²) >= 11 is 0. The Bertz CT molecular complexity index is 569. The second kappa shape index (κ2) is 6.82. The first-order valence-corrected chi connectivity index (χ1v) is 6.29. The van der Waals surface area contributed by atoms with Crippen molar-refractivity contribution in [3.63, 3.8) is 0 Å². The Balaban J connectivity index is 1.88. The van der Waals surface area contributed by atoms with E-state index < -0.39 is 17.9 Å². The van der Waals surface area contributed by atoms with Crippen molar-refractivity contribution in [1.29, 1.82) is 0 Å². The van der Waals surface area contributed by atoms with Crippen LogP contribution in [-0.4, -0.2) is 17.2 Å². The van der Waals surface area contributed by atoms with Gasteiger partial charge in [0.25, 0.3) is 0 Å². The monoisotopic (exact) mass is 274 g/mol. The van der Waals surface area contributed by atoms with E-state index in [-0.39, 0.29) is 18.6 Å². The molecule has 0 spiro atoms. The summed E-state index contributed by atoms with van der Waals surface area (Å²) in [7, 11) is 0. The molecule has 3 nitrogen and oxygen atoms in total. The number of ether oxygens (including phenoxy) is 1.